The van der Waals surface area contributed by atoms with Gasteiger partial charge >= 0.3 is 6.01 Å². The van der Waals surface area contributed by atoms with E-state index in [0.29, 0.717) is 0 Å². The van der Waals surface area contributed by atoms with Crippen molar-refractivity contribution in [3.63, 3.8) is 0 Å². The van der Waals surface area contributed by atoms with E-state index in [1.165, 1.54) is 7.11 Å². The number of methoxy groups -OCH3 is 1. The molecule has 0 bridgehead atoms. The van der Waals surface area contributed by atoms with Crippen LogP contribution in [0.4, 0.5) is 5.95 Å². The summed E-state index contributed by atoms with van der Waals surface area (Å²) in [5, 5.41) is 9.19. The molecule has 2 N–H and O–H groups in total. The van der Waals surface area contributed by atoms with Crippen LogP contribution in [0.5, 0.6) is 6.01 Å². The first kappa shape index (κ1) is 14.8. The van der Waals surface area contributed by atoms with Crippen molar-refractivity contribution in [1.29, 1.82) is 0 Å². The van der Waals surface area contributed by atoms with Gasteiger partial charge < -0.3 is 4.74 Å². The molecule has 23 heavy (non-hydrogen) atoms. The van der Waals surface area contributed by atoms with Crippen LogP contribution in [0.3, 0.4) is 0 Å². The first-order chi connectivity index (χ1) is 11.3. The van der Waals surface area contributed by atoms with E-state index in [-0.39, 0.29) is 17.9 Å². The SMILES string of the molecule is COc1n[nH]c(NC(=O)C(c2ccccc2)c2ccccc2)n1. The van der Waals surface area contributed by atoms with Crippen molar-refractivity contribution in [3.05, 3.63) is 71.8 Å². The van der Waals surface area contributed by atoms with Gasteiger partial charge in [-0.15, -0.1) is 5.10 Å². The third-order valence-corrected chi connectivity index (χ3v) is 3.42. The summed E-state index contributed by atoms with van der Waals surface area (Å²) in [4.78, 5) is 16.8. The lowest BCUT2D eigenvalue weighted by atomic mass is 9.90. The Morgan fingerprint density at radius 2 is 1.61 bits per heavy atom. The maximum absolute atomic E-state index is 12.8. The summed E-state index contributed by atoms with van der Waals surface area (Å²) in [5.41, 5.74) is 1.81. The number of benzene rings is 2. The molecule has 1 amide bonds. The normalized spacial score (nSPS) is 10.5. The number of hydrogen-bond donors (Lipinski definition) is 2. The predicted octanol–water partition coefficient (Wildman–Crippen LogP) is 2.58. The number of aromatic amines is 1. The Balaban J connectivity index is 1.90. The fourth-order valence-corrected chi connectivity index (χ4v) is 2.37. The Morgan fingerprint density at radius 1 is 1.04 bits per heavy atom. The Labute approximate surface area is 133 Å². The first-order valence-corrected chi connectivity index (χ1v) is 7.15. The molecule has 116 valence electrons. The zero-order valence-corrected chi connectivity index (χ0v) is 12.6. The fourth-order valence-electron chi connectivity index (χ4n) is 2.37. The molecule has 1 aromatic heterocycles. The number of carbonyl (C=O) groups excluding carboxylic acids is 1. The number of H-pyrrole nitrogens is 1. The molecule has 6 nitrogen and oxygen atoms in total. The molecule has 0 aliphatic carbocycles. The number of nitrogens with zero attached hydrogens (tertiary/aromatic N) is 2. The van der Waals surface area contributed by atoms with Crippen LogP contribution in [0, 0.1) is 0 Å². The highest BCUT2D eigenvalue weighted by Gasteiger charge is 2.23. The van der Waals surface area contributed by atoms with E-state index in [9.17, 15) is 4.79 Å². The number of amides is 1. The highest BCUT2D eigenvalue weighted by molar-refractivity contribution is 5.96. The number of anilines is 1. The minimum atomic E-state index is -0.437. The maximum atomic E-state index is 12.8. The van der Waals surface area contributed by atoms with E-state index in [0.717, 1.165) is 11.1 Å². The van der Waals surface area contributed by atoms with Gasteiger partial charge in [0.25, 0.3) is 0 Å². The van der Waals surface area contributed by atoms with Crippen LogP contribution in [0.15, 0.2) is 60.7 Å². The molecule has 0 aliphatic heterocycles. The molecule has 6 heteroatoms. The van der Waals surface area contributed by atoms with Crippen molar-refractivity contribution in [3.8, 4) is 6.01 Å². The molecule has 0 saturated heterocycles. The van der Waals surface area contributed by atoms with Crippen molar-refractivity contribution in [1.82, 2.24) is 15.2 Å². The Hall–Kier alpha value is -3.15. The van der Waals surface area contributed by atoms with E-state index in [2.05, 4.69) is 20.5 Å². The molecule has 0 radical (unpaired) electrons. The Morgan fingerprint density at radius 3 is 2.09 bits per heavy atom. The van der Waals surface area contributed by atoms with Crippen LogP contribution in [-0.4, -0.2) is 28.2 Å². The van der Waals surface area contributed by atoms with Crippen molar-refractivity contribution >= 4 is 11.9 Å². The van der Waals surface area contributed by atoms with Gasteiger partial charge in [0.1, 0.15) is 0 Å². The summed E-state index contributed by atoms with van der Waals surface area (Å²) in [5.74, 6) is -0.376. The molecule has 0 spiro atoms. The monoisotopic (exact) mass is 308 g/mol. The summed E-state index contributed by atoms with van der Waals surface area (Å²) in [6.45, 7) is 0. The lowest BCUT2D eigenvalue weighted by molar-refractivity contribution is -0.116. The minimum absolute atomic E-state index is 0.177. The summed E-state index contributed by atoms with van der Waals surface area (Å²) >= 11 is 0. The third kappa shape index (κ3) is 3.37. The summed E-state index contributed by atoms with van der Waals surface area (Å²) < 4.78 is 4.90. The van der Waals surface area contributed by atoms with Crippen LogP contribution < -0.4 is 10.1 Å². The molecule has 0 fully saturated rings. The molecule has 3 aromatic rings. The number of nitrogens with one attached hydrogen (secondary N) is 2. The topological polar surface area (TPSA) is 79.9 Å². The maximum Gasteiger partial charge on any atom is 0.336 e. The average molecular weight is 308 g/mol. The summed E-state index contributed by atoms with van der Waals surface area (Å²) in [6.07, 6.45) is 0. The second kappa shape index (κ2) is 6.74. The highest BCUT2D eigenvalue weighted by atomic mass is 16.5. The number of hydrogen-bond acceptors (Lipinski definition) is 4. The van der Waals surface area contributed by atoms with E-state index in [1.807, 2.05) is 60.7 Å². The lowest BCUT2D eigenvalue weighted by Gasteiger charge is -2.16. The molecule has 2 aromatic carbocycles. The van der Waals surface area contributed by atoms with Gasteiger partial charge in [-0.2, -0.15) is 4.98 Å². The van der Waals surface area contributed by atoms with Crippen LogP contribution in [0.1, 0.15) is 17.0 Å². The second-order valence-corrected chi connectivity index (χ2v) is 4.91. The van der Waals surface area contributed by atoms with Gasteiger partial charge in [-0.05, 0) is 11.1 Å². The second-order valence-electron chi connectivity index (χ2n) is 4.91. The predicted molar refractivity (Wildman–Crippen MR) is 86.3 cm³/mol. The quantitative estimate of drug-likeness (QED) is 0.759. The molecule has 3 rings (SSSR count). The van der Waals surface area contributed by atoms with Crippen molar-refractivity contribution in [2.75, 3.05) is 12.4 Å². The van der Waals surface area contributed by atoms with Gasteiger partial charge in [-0.3, -0.25) is 10.1 Å². The Kier molecular flexibility index (Phi) is 4.33. The smallest absolute Gasteiger partial charge is 0.336 e. The van der Waals surface area contributed by atoms with Crippen LogP contribution in [0.2, 0.25) is 0 Å². The zero-order chi connectivity index (χ0) is 16.1. The number of aromatic nitrogens is 3. The van der Waals surface area contributed by atoms with Crippen molar-refractivity contribution in [2.24, 2.45) is 0 Å². The van der Waals surface area contributed by atoms with Gasteiger partial charge in [0.2, 0.25) is 11.9 Å². The Bertz CT molecular complexity index is 732. The first-order valence-electron chi connectivity index (χ1n) is 7.15. The van der Waals surface area contributed by atoms with E-state index < -0.39 is 5.92 Å². The molecule has 0 saturated carbocycles. The van der Waals surface area contributed by atoms with Gasteiger partial charge in [-0.1, -0.05) is 60.7 Å². The van der Waals surface area contributed by atoms with Crippen LogP contribution in [-0.2, 0) is 4.79 Å². The molecule has 0 atom stereocenters. The molecular formula is C17H16N4O2. The van der Waals surface area contributed by atoms with Crippen LogP contribution in [0.25, 0.3) is 0 Å². The fraction of sp³-hybridized carbons (Fsp3) is 0.118. The highest BCUT2D eigenvalue weighted by Crippen LogP contribution is 2.25. The van der Waals surface area contributed by atoms with Gasteiger partial charge in [-0.25, -0.2) is 5.10 Å². The van der Waals surface area contributed by atoms with Crippen molar-refractivity contribution in [2.45, 2.75) is 5.92 Å². The average Bonchev–Trinajstić information content (AvgIpc) is 3.04. The molecular weight excluding hydrogens is 292 g/mol. The largest absolute Gasteiger partial charge is 0.466 e. The molecule has 0 aliphatic rings. The van der Waals surface area contributed by atoms with E-state index in [4.69, 9.17) is 4.74 Å². The lowest BCUT2D eigenvalue weighted by Crippen LogP contribution is -2.22. The third-order valence-electron chi connectivity index (χ3n) is 3.42. The van der Waals surface area contributed by atoms with E-state index >= 15 is 0 Å². The minimum Gasteiger partial charge on any atom is -0.466 e. The zero-order valence-electron chi connectivity index (χ0n) is 12.6. The summed E-state index contributed by atoms with van der Waals surface area (Å²) in [6, 6.07) is 19.4. The number of ether oxygens (including phenoxy) is 1. The molecule has 1 heterocycles. The molecule has 0 unspecified atom stereocenters. The van der Waals surface area contributed by atoms with Gasteiger partial charge in [0.05, 0.1) is 13.0 Å². The van der Waals surface area contributed by atoms with Crippen LogP contribution >= 0.6 is 0 Å². The van der Waals surface area contributed by atoms with Crippen molar-refractivity contribution < 1.29 is 9.53 Å². The number of carbonyl (C=O) groups is 1. The van der Waals surface area contributed by atoms with E-state index in [1.54, 1.807) is 0 Å². The van der Waals surface area contributed by atoms with Gasteiger partial charge in [0, 0.05) is 0 Å². The standard InChI is InChI=1S/C17H16N4O2/c1-23-17-19-16(20-21-17)18-15(22)14(12-8-4-2-5-9-12)13-10-6-3-7-11-13/h2-11,14H,1H3,(H2,18,19,20,21,22). The number of rotatable bonds is 5. The summed E-state index contributed by atoms with van der Waals surface area (Å²) in [7, 11) is 1.46. The van der Waals surface area contributed by atoms with Gasteiger partial charge in [0.15, 0.2) is 0 Å².